The normalized spacial score (nSPS) is 28.2. The summed E-state index contributed by atoms with van der Waals surface area (Å²) >= 11 is 0. The summed E-state index contributed by atoms with van der Waals surface area (Å²) in [6.45, 7) is 2.07. The van der Waals surface area contributed by atoms with Crippen LogP contribution in [0, 0.1) is 0 Å². The van der Waals surface area contributed by atoms with Gasteiger partial charge >= 0.3 is 0 Å². The number of piperidine rings is 1. The number of carbonyl (C=O) groups excluding carboxylic acids is 1. The van der Waals surface area contributed by atoms with E-state index in [9.17, 15) is 9.90 Å². The second kappa shape index (κ2) is 8.79. The van der Waals surface area contributed by atoms with Gasteiger partial charge in [0.2, 0.25) is 5.91 Å². The molecule has 28 heavy (non-hydrogen) atoms. The van der Waals surface area contributed by atoms with Crippen LogP contribution < -0.4 is 16.2 Å². The molecule has 2 unspecified atom stereocenters. The summed E-state index contributed by atoms with van der Waals surface area (Å²) in [5.41, 5.74) is 8.44. The van der Waals surface area contributed by atoms with Gasteiger partial charge in [-0.2, -0.15) is 0 Å². The predicted molar refractivity (Wildman–Crippen MR) is 106 cm³/mol. The standard InChI is InChI=1S/C21H27N5O2/c27-20-14-26(13-16-8-4-5-10-22-16)11-9-17(20)23-21(28)19-12-18(24-25-19)15-6-2-1-3-7-15/h1-8,10,17-20,24-25,27H,9,11-14H2,(H,23,28)/t17-,18?,19?,20-/m1/s1. The maximum atomic E-state index is 12.7. The number of β-amino-alcohol motifs (C(OH)–C–C–N with tert-alkyl or cyclic N) is 1. The number of hydrazine groups is 1. The number of carbonyl (C=O) groups is 1. The lowest BCUT2D eigenvalue weighted by Crippen LogP contribution is -2.56. The molecule has 1 amide bonds. The summed E-state index contributed by atoms with van der Waals surface area (Å²) in [5, 5.41) is 13.6. The predicted octanol–water partition coefficient (Wildman–Crippen LogP) is 0.741. The molecular formula is C21H27N5O2. The van der Waals surface area contributed by atoms with Gasteiger partial charge in [0, 0.05) is 31.9 Å². The van der Waals surface area contributed by atoms with E-state index >= 15 is 0 Å². The van der Waals surface area contributed by atoms with Gasteiger partial charge in [0.25, 0.3) is 0 Å². The summed E-state index contributed by atoms with van der Waals surface area (Å²) in [6, 6.07) is 15.5. The zero-order valence-electron chi connectivity index (χ0n) is 15.8. The number of amides is 1. The van der Waals surface area contributed by atoms with Crippen molar-refractivity contribution in [2.45, 2.75) is 43.6 Å². The Balaban J connectivity index is 1.26. The van der Waals surface area contributed by atoms with E-state index in [1.165, 1.54) is 0 Å². The van der Waals surface area contributed by atoms with E-state index in [4.69, 9.17) is 0 Å². The Morgan fingerprint density at radius 2 is 2.00 bits per heavy atom. The van der Waals surface area contributed by atoms with Gasteiger partial charge in [-0.15, -0.1) is 0 Å². The zero-order valence-corrected chi connectivity index (χ0v) is 15.8. The number of rotatable bonds is 5. The van der Waals surface area contributed by atoms with E-state index in [0.29, 0.717) is 19.5 Å². The molecule has 4 rings (SSSR count). The molecule has 2 fully saturated rings. The lowest BCUT2D eigenvalue weighted by Gasteiger charge is -2.36. The van der Waals surface area contributed by atoms with Crippen molar-refractivity contribution in [2.24, 2.45) is 0 Å². The van der Waals surface area contributed by atoms with Crippen LogP contribution in [0.15, 0.2) is 54.7 Å². The molecule has 0 spiro atoms. The number of likely N-dealkylation sites (tertiary alicyclic amines) is 1. The molecule has 1 aromatic carbocycles. The molecule has 1 aromatic heterocycles. The fraction of sp³-hybridized carbons (Fsp3) is 0.429. The lowest BCUT2D eigenvalue weighted by atomic mass is 9.99. The van der Waals surface area contributed by atoms with Crippen molar-refractivity contribution in [2.75, 3.05) is 13.1 Å². The third-order valence-electron chi connectivity index (χ3n) is 5.53. The maximum absolute atomic E-state index is 12.7. The van der Waals surface area contributed by atoms with Gasteiger partial charge in [0.15, 0.2) is 0 Å². The Kier molecular flexibility index (Phi) is 5.97. The number of nitrogens with zero attached hydrogens (tertiary/aromatic N) is 2. The first-order valence-electron chi connectivity index (χ1n) is 9.86. The number of pyridine rings is 1. The minimum Gasteiger partial charge on any atom is -0.390 e. The maximum Gasteiger partial charge on any atom is 0.238 e. The fourth-order valence-corrected chi connectivity index (χ4v) is 3.95. The summed E-state index contributed by atoms with van der Waals surface area (Å²) in [7, 11) is 0. The summed E-state index contributed by atoms with van der Waals surface area (Å²) in [4.78, 5) is 19.2. The number of aromatic nitrogens is 1. The second-order valence-corrected chi connectivity index (χ2v) is 7.57. The van der Waals surface area contributed by atoms with Crippen molar-refractivity contribution < 1.29 is 9.90 Å². The number of nitrogens with one attached hydrogen (secondary N) is 3. The monoisotopic (exact) mass is 381 g/mol. The molecule has 4 N–H and O–H groups in total. The third-order valence-corrected chi connectivity index (χ3v) is 5.53. The van der Waals surface area contributed by atoms with E-state index in [2.05, 4.69) is 38.2 Å². The van der Waals surface area contributed by atoms with Crippen molar-refractivity contribution in [3.63, 3.8) is 0 Å². The highest BCUT2D eigenvalue weighted by molar-refractivity contribution is 5.82. The Hall–Kier alpha value is -2.32. The molecule has 2 saturated heterocycles. The van der Waals surface area contributed by atoms with Gasteiger partial charge in [-0.3, -0.25) is 14.7 Å². The first-order chi connectivity index (χ1) is 13.7. The summed E-state index contributed by atoms with van der Waals surface area (Å²) in [6.07, 6.45) is 2.61. The van der Waals surface area contributed by atoms with Crippen molar-refractivity contribution in [1.82, 2.24) is 26.1 Å². The van der Waals surface area contributed by atoms with Crippen LogP contribution in [-0.4, -0.2) is 52.2 Å². The fourth-order valence-electron chi connectivity index (χ4n) is 3.95. The second-order valence-electron chi connectivity index (χ2n) is 7.57. The van der Waals surface area contributed by atoms with E-state index in [-0.39, 0.29) is 24.0 Å². The Morgan fingerprint density at radius 1 is 1.18 bits per heavy atom. The minimum atomic E-state index is -0.583. The molecule has 7 heteroatoms. The topological polar surface area (TPSA) is 89.5 Å². The molecule has 3 heterocycles. The van der Waals surface area contributed by atoms with Crippen molar-refractivity contribution in [3.8, 4) is 0 Å². The molecule has 0 aliphatic carbocycles. The average Bonchev–Trinajstić information content (AvgIpc) is 3.22. The van der Waals surface area contributed by atoms with Crippen LogP contribution in [0.5, 0.6) is 0 Å². The van der Waals surface area contributed by atoms with Crippen molar-refractivity contribution in [1.29, 1.82) is 0 Å². The van der Waals surface area contributed by atoms with E-state index in [1.807, 2.05) is 36.4 Å². The average molecular weight is 381 g/mol. The lowest BCUT2D eigenvalue weighted by molar-refractivity contribution is -0.125. The third kappa shape index (κ3) is 4.56. The molecule has 4 atom stereocenters. The molecule has 148 valence electrons. The highest BCUT2D eigenvalue weighted by Crippen LogP contribution is 2.22. The zero-order chi connectivity index (χ0) is 19.3. The summed E-state index contributed by atoms with van der Waals surface area (Å²) < 4.78 is 0. The van der Waals surface area contributed by atoms with Gasteiger partial charge < -0.3 is 10.4 Å². The van der Waals surface area contributed by atoms with Crippen LogP contribution in [0.1, 0.15) is 30.1 Å². The Morgan fingerprint density at radius 3 is 2.75 bits per heavy atom. The quantitative estimate of drug-likeness (QED) is 0.611. The Labute approximate surface area is 165 Å². The van der Waals surface area contributed by atoms with Gasteiger partial charge in [0.05, 0.1) is 17.8 Å². The number of aliphatic hydroxyl groups is 1. The van der Waals surface area contributed by atoms with E-state index in [0.717, 1.165) is 24.2 Å². The molecular weight excluding hydrogens is 354 g/mol. The smallest absolute Gasteiger partial charge is 0.238 e. The van der Waals surface area contributed by atoms with Crippen LogP contribution in [0.2, 0.25) is 0 Å². The summed E-state index contributed by atoms with van der Waals surface area (Å²) in [5.74, 6) is -0.0619. The van der Waals surface area contributed by atoms with E-state index < -0.39 is 6.10 Å². The molecule has 0 bridgehead atoms. The molecule has 2 aromatic rings. The van der Waals surface area contributed by atoms with Gasteiger partial charge in [-0.05, 0) is 30.5 Å². The molecule has 7 nitrogen and oxygen atoms in total. The van der Waals surface area contributed by atoms with Crippen LogP contribution in [0.25, 0.3) is 0 Å². The number of aliphatic hydroxyl groups excluding tert-OH is 1. The van der Waals surface area contributed by atoms with Crippen LogP contribution in [-0.2, 0) is 11.3 Å². The van der Waals surface area contributed by atoms with Crippen LogP contribution in [0.4, 0.5) is 0 Å². The van der Waals surface area contributed by atoms with Crippen molar-refractivity contribution >= 4 is 5.91 Å². The highest BCUT2D eigenvalue weighted by atomic mass is 16.3. The molecule has 2 aliphatic heterocycles. The minimum absolute atomic E-state index is 0.0619. The van der Waals surface area contributed by atoms with Gasteiger partial charge in [0.1, 0.15) is 6.04 Å². The first-order valence-corrected chi connectivity index (χ1v) is 9.86. The van der Waals surface area contributed by atoms with Gasteiger partial charge in [-0.25, -0.2) is 10.9 Å². The number of hydrogen-bond donors (Lipinski definition) is 4. The highest BCUT2D eigenvalue weighted by Gasteiger charge is 2.34. The van der Waals surface area contributed by atoms with Crippen LogP contribution >= 0.6 is 0 Å². The number of benzene rings is 1. The van der Waals surface area contributed by atoms with Crippen molar-refractivity contribution in [3.05, 3.63) is 66.0 Å². The molecule has 0 radical (unpaired) electrons. The first kappa shape index (κ1) is 19.0. The molecule has 2 aliphatic rings. The number of hydrogen-bond acceptors (Lipinski definition) is 6. The molecule has 0 saturated carbocycles. The SMILES string of the molecule is O=C(N[C@@H]1CCN(Cc2ccccn2)C[C@H]1O)C1CC(c2ccccc2)NN1. The largest absolute Gasteiger partial charge is 0.390 e. The van der Waals surface area contributed by atoms with Gasteiger partial charge in [-0.1, -0.05) is 36.4 Å². The Bertz CT molecular complexity index is 773. The van der Waals surface area contributed by atoms with E-state index in [1.54, 1.807) is 6.20 Å². The van der Waals surface area contributed by atoms with Crippen LogP contribution in [0.3, 0.4) is 0 Å².